The van der Waals surface area contributed by atoms with E-state index in [0.717, 1.165) is 16.9 Å². The monoisotopic (exact) mass is 325 g/mol. The Kier molecular flexibility index (Phi) is 4.34. The lowest BCUT2D eigenvalue weighted by atomic mass is 10.0. The van der Waals surface area contributed by atoms with E-state index in [4.69, 9.17) is 5.11 Å². The van der Waals surface area contributed by atoms with E-state index >= 15 is 0 Å². The highest BCUT2D eigenvalue weighted by Crippen LogP contribution is 2.25. The predicted octanol–water partition coefficient (Wildman–Crippen LogP) is 3.37. The van der Waals surface area contributed by atoms with Gasteiger partial charge in [0.2, 0.25) is 0 Å². The SMILES string of the molecule is CC(C)c1ccc(NS(=O)(=O)c2ccsc2C(=O)O)cc1. The largest absolute Gasteiger partial charge is 0.477 e. The number of benzene rings is 1. The van der Waals surface area contributed by atoms with Crippen molar-refractivity contribution in [1.29, 1.82) is 0 Å². The number of carboxylic acid groups (broad SMARTS) is 1. The van der Waals surface area contributed by atoms with Crippen molar-refractivity contribution >= 4 is 33.0 Å². The van der Waals surface area contributed by atoms with Crippen LogP contribution in [0, 0.1) is 0 Å². The Balaban J connectivity index is 2.29. The molecule has 0 atom stereocenters. The van der Waals surface area contributed by atoms with Crippen molar-refractivity contribution in [2.24, 2.45) is 0 Å². The summed E-state index contributed by atoms with van der Waals surface area (Å²) in [6.45, 7) is 4.09. The number of thiophene rings is 1. The Morgan fingerprint density at radius 1 is 1.19 bits per heavy atom. The molecule has 2 rings (SSSR count). The molecule has 1 aromatic carbocycles. The maximum absolute atomic E-state index is 12.2. The van der Waals surface area contributed by atoms with Gasteiger partial charge in [-0.3, -0.25) is 4.72 Å². The molecule has 0 aliphatic rings. The summed E-state index contributed by atoms with van der Waals surface area (Å²) in [7, 11) is -3.90. The Morgan fingerprint density at radius 2 is 1.81 bits per heavy atom. The molecule has 2 aromatic rings. The van der Waals surface area contributed by atoms with E-state index < -0.39 is 16.0 Å². The Labute approximate surface area is 127 Å². The highest BCUT2D eigenvalue weighted by molar-refractivity contribution is 7.93. The molecule has 0 aliphatic carbocycles. The third kappa shape index (κ3) is 3.43. The lowest BCUT2D eigenvalue weighted by Crippen LogP contribution is -2.15. The molecule has 0 aliphatic heterocycles. The van der Waals surface area contributed by atoms with Gasteiger partial charge in [0.05, 0.1) is 0 Å². The van der Waals surface area contributed by atoms with Crippen LogP contribution in [0.5, 0.6) is 0 Å². The normalized spacial score (nSPS) is 11.6. The van der Waals surface area contributed by atoms with Crippen LogP contribution in [0.3, 0.4) is 0 Å². The molecule has 0 spiro atoms. The van der Waals surface area contributed by atoms with Crippen LogP contribution >= 0.6 is 11.3 Å². The van der Waals surface area contributed by atoms with Crippen LogP contribution in [-0.4, -0.2) is 19.5 Å². The van der Waals surface area contributed by atoms with Crippen molar-refractivity contribution in [1.82, 2.24) is 0 Å². The second-order valence-electron chi connectivity index (χ2n) is 4.80. The number of hydrogen-bond acceptors (Lipinski definition) is 4. The van der Waals surface area contributed by atoms with Crippen molar-refractivity contribution in [3.05, 3.63) is 46.2 Å². The number of anilines is 1. The van der Waals surface area contributed by atoms with Gasteiger partial charge in [-0.15, -0.1) is 11.3 Å². The summed E-state index contributed by atoms with van der Waals surface area (Å²) in [4.78, 5) is 10.6. The molecule has 1 heterocycles. The van der Waals surface area contributed by atoms with Gasteiger partial charge in [-0.25, -0.2) is 13.2 Å². The molecule has 0 fully saturated rings. The Bertz CT molecular complexity index is 746. The molecule has 21 heavy (non-hydrogen) atoms. The van der Waals surface area contributed by atoms with Gasteiger partial charge in [-0.1, -0.05) is 26.0 Å². The fraction of sp³-hybridized carbons (Fsp3) is 0.214. The van der Waals surface area contributed by atoms with Crippen LogP contribution in [-0.2, 0) is 10.0 Å². The molecule has 2 N–H and O–H groups in total. The summed E-state index contributed by atoms with van der Waals surface area (Å²) in [6.07, 6.45) is 0. The van der Waals surface area contributed by atoms with Crippen LogP contribution < -0.4 is 4.72 Å². The summed E-state index contributed by atoms with van der Waals surface area (Å²) in [5.74, 6) is -0.897. The van der Waals surface area contributed by atoms with Crippen molar-refractivity contribution in [2.45, 2.75) is 24.7 Å². The molecule has 1 aromatic heterocycles. The summed E-state index contributed by atoms with van der Waals surface area (Å²) < 4.78 is 26.9. The summed E-state index contributed by atoms with van der Waals surface area (Å²) in [5, 5.41) is 10.4. The predicted molar refractivity (Wildman–Crippen MR) is 82.6 cm³/mol. The van der Waals surface area contributed by atoms with Crippen LogP contribution in [0.4, 0.5) is 5.69 Å². The van der Waals surface area contributed by atoms with Crippen molar-refractivity contribution < 1.29 is 18.3 Å². The molecule has 0 saturated carbocycles. The highest BCUT2D eigenvalue weighted by Gasteiger charge is 2.23. The van der Waals surface area contributed by atoms with E-state index in [0.29, 0.717) is 11.6 Å². The van der Waals surface area contributed by atoms with E-state index in [1.165, 1.54) is 11.4 Å². The molecule has 0 unspecified atom stereocenters. The topological polar surface area (TPSA) is 83.5 Å². The highest BCUT2D eigenvalue weighted by atomic mass is 32.2. The number of nitrogens with one attached hydrogen (secondary N) is 1. The zero-order valence-electron chi connectivity index (χ0n) is 11.5. The minimum absolute atomic E-state index is 0.193. The fourth-order valence-electron chi connectivity index (χ4n) is 1.81. The Morgan fingerprint density at radius 3 is 2.33 bits per heavy atom. The number of rotatable bonds is 5. The van der Waals surface area contributed by atoms with Crippen LogP contribution in [0.1, 0.15) is 35.0 Å². The van der Waals surface area contributed by atoms with Crippen molar-refractivity contribution in [3.8, 4) is 0 Å². The van der Waals surface area contributed by atoms with Gasteiger partial charge in [0.25, 0.3) is 10.0 Å². The van der Waals surface area contributed by atoms with E-state index in [9.17, 15) is 13.2 Å². The zero-order chi connectivity index (χ0) is 15.6. The number of hydrogen-bond donors (Lipinski definition) is 2. The standard InChI is InChI=1S/C14H15NO4S2/c1-9(2)10-3-5-11(6-4-10)15-21(18,19)12-7-8-20-13(12)14(16)17/h3-9,15H,1-2H3,(H,16,17). The first-order chi connectivity index (χ1) is 9.81. The molecule has 5 nitrogen and oxygen atoms in total. The molecule has 112 valence electrons. The van der Waals surface area contributed by atoms with Crippen molar-refractivity contribution in [2.75, 3.05) is 4.72 Å². The average molecular weight is 325 g/mol. The van der Waals surface area contributed by atoms with Crippen LogP contribution in [0.15, 0.2) is 40.6 Å². The van der Waals surface area contributed by atoms with E-state index in [2.05, 4.69) is 4.72 Å². The van der Waals surface area contributed by atoms with Gasteiger partial charge in [0.15, 0.2) is 0 Å². The minimum atomic E-state index is -3.90. The molecule has 0 saturated heterocycles. The summed E-state index contributed by atoms with van der Waals surface area (Å²) in [6, 6.07) is 8.31. The van der Waals surface area contributed by atoms with Gasteiger partial charge in [0.1, 0.15) is 9.77 Å². The lowest BCUT2D eigenvalue weighted by Gasteiger charge is -2.10. The molecule has 7 heteroatoms. The van der Waals surface area contributed by atoms with Crippen molar-refractivity contribution in [3.63, 3.8) is 0 Å². The number of carboxylic acids is 1. The van der Waals surface area contributed by atoms with Crippen LogP contribution in [0.25, 0.3) is 0 Å². The number of aromatic carboxylic acids is 1. The quantitative estimate of drug-likeness (QED) is 0.883. The minimum Gasteiger partial charge on any atom is -0.477 e. The first kappa shape index (κ1) is 15.5. The first-order valence-electron chi connectivity index (χ1n) is 6.25. The molecule has 0 bridgehead atoms. The number of sulfonamides is 1. The zero-order valence-corrected chi connectivity index (χ0v) is 13.2. The van der Waals surface area contributed by atoms with Crippen LogP contribution in [0.2, 0.25) is 0 Å². The maximum atomic E-state index is 12.2. The molecular formula is C14H15NO4S2. The van der Waals surface area contributed by atoms with Gasteiger partial charge in [-0.05, 0) is 35.1 Å². The van der Waals surface area contributed by atoms with E-state index in [1.54, 1.807) is 12.1 Å². The fourth-order valence-corrected chi connectivity index (χ4v) is 4.13. The third-order valence-electron chi connectivity index (χ3n) is 2.94. The molecule has 0 amide bonds. The van der Waals surface area contributed by atoms with Gasteiger partial charge >= 0.3 is 5.97 Å². The van der Waals surface area contributed by atoms with Gasteiger partial charge in [-0.2, -0.15) is 0 Å². The second kappa shape index (κ2) is 5.87. The third-order valence-corrected chi connectivity index (χ3v) is 5.40. The van der Waals surface area contributed by atoms with Gasteiger partial charge < -0.3 is 5.11 Å². The smallest absolute Gasteiger partial charge is 0.347 e. The first-order valence-corrected chi connectivity index (χ1v) is 8.61. The molecular weight excluding hydrogens is 310 g/mol. The van der Waals surface area contributed by atoms with E-state index in [-0.39, 0.29) is 9.77 Å². The average Bonchev–Trinajstić information content (AvgIpc) is 2.89. The molecule has 0 radical (unpaired) electrons. The second-order valence-corrected chi connectivity index (χ2v) is 7.37. The lowest BCUT2D eigenvalue weighted by molar-refractivity contribution is 0.0698. The summed E-state index contributed by atoms with van der Waals surface area (Å²) in [5.41, 5.74) is 1.50. The Hall–Kier alpha value is -1.86. The summed E-state index contributed by atoms with van der Waals surface area (Å²) >= 11 is 0.883. The van der Waals surface area contributed by atoms with Gasteiger partial charge in [0, 0.05) is 5.69 Å². The number of carbonyl (C=O) groups is 1. The van der Waals surface area contributed by atoms with E-state index in [1.807, 2.05) is 26.0 Å². The maximum Gasteiger partial charge on any atom is 0.347 e.